The number of carbonyl (C=O) groups is 1. The number of thioether (sulfide) groups is 1. The second-order valence-corrected chi connectivity index (χ2v) is 4.34. The van der Waals surface area contributed by atoms with Gasteiger partial charge in [-0.2, -0.15) is 0 Å². The largest absolute Gasteiger partial charge is 0.370 e. The third kappa shape index (κ3) is 5.22. The number of hydrogen-bond acceptors (Lipinski definition) is 6. The van der Waals surface area contributed by atoms with Crippen LogP contribution in [0, 0.1) is 0 Å². The molecule has 0 aliphatic heterocycles. The zero-order chi connectivity index (χ0) is 13.4. The highest BCUT2D eigenvalue weighted by Gasteiger charge is 2.03. The molecule has 0 atom stereocenters. The molecule has 1 rings (SSSR count). The fourth-order valence-corrected chi connectivity index (χ4v) is 1.69. The molecule has 0 radical (unpaired) electrons. The van der Waals surface area contributed by atoms with Crippen molar-refractivity contribution in [1.82, 2.24) is 15.3 Å². The lowest BCUT2D eigenvalue weighted by Crippen LogP contribution is -2.26. The Morgan fingerprint density at radius 3 is 2.50 bits per heavy atom. The Morgan fingerprint density at radius 1 is 1.28 bits per heavy atom. The summed E-state index contributed by atoms with van der Waals surface area (Å²) in [5.41, 5.74) is 0. The van der Waals surface area contributed by atoms with E-state index in [0.29, 0.717) is 13.1 Å². The minimum Gasteiger partial charge on any atom is -0.370 e. The SMILES string of the molecule is CCNc1cc(NCCNC(C)=O)nc(SC)n1. The second-order valence-electron chi connectivity index (χ2n) is 3.57. The van der Waals surface area contributed by atoms with Gasteiger partial charge >= 0.3 is 0 Å². The van der Waals surface area contributed by atoms with Crippen molar-refractivity contribution >= 4 is 29.3 Å². The number of nitrogens with one attached hydrogen (secondary N) is 3. The Hall–Kier alpha value is -1.50. The first-order chi connectivity index (χ1) is 8.65. The van der Waals surface area contributed by atoms with Gasteiger partial charge in [0.1, 0.15) is 11.6 Å². The molecule has 7 heteroatoms. The molecule has 1 aromatic heterocycles. The van der Waals surface area contributed by atoms with Crippen molar-refractivity contribution in [2.75, 3.05) is 36.5 Å². The number of amides is 1. The van der Waals surface area contributed by atoms with Gasteiger partial charge in [0.25, 0.3) is 0 Å². The fraction of sp³-hybridized carbons (Fsp3) is 0.545. The number of carbonyl (C=O) groups excluding carboxylic acids is 1. The van der Waals surface area contributed by atoms with Gasteiger partial charge in [0.05, 0.1) is 0 Å². The average molecular weight is 269 g/mol. The number of anilines is 2. The minimum atomic E-state index is -0.0300. The van der Waals surface area contributed by atoms with Crippen LogP contribution in [0.4, 0.5) is 11.6 Å². The van der Waals surface area contributed by atoms with Crippen molar-refractivity contribution < 1.29 is 4.79 Å². The van der Waals surface area contributed by atoms with Crippen LogP contribution in [0.3, 0.4) is 0 Å². The van der Waals surface area contributed by atoms with E-state index in [4.69, 9.17) is 0 Å². The van der Waals surface area contributed by atoms with Gasteiger partial charge in [0.2, 0.25) is 5.91 Å². The van der Waals surface area contributed by atoms with E-state index < -0.39 is 0 Å². The fourth-order valence-electron chi connectivity index (χ4n) is 1.31. The lowest BCUT2D eigenvalue weighted by molar-refractivity contribution is -0.118. The van der Waals surface area contributed by atoms with Crippen LogP contribution in [0.1, 0.15) is 13.8 Å². The van der Waals surface area contributed by atoms with Gasteiger partial charge < -0.3 is 16.0 Å². The predicted molar refractivity (Wildman–Crippen MR) is 75.2 cm³/mol. The monoisotopic (exact) mass is 269 g/mol. The van der Waals surface area contributed by atoms with Gasteiger partial charge in [-0.05, 0) is 13.2 Å². The third-order valence-electron chi connectivity index (χ3n) is 2.05. The van der Waals surface area contributed by atoms with E-state index in [-0.39, 0.29) is 5.91 Å². The smallest absolute Gasteiger partial charge is 0.216 e. The lowest BCUT2D eigenvalue weighted by atomic mass is 10.5. The molecule has 0 aliphatic rings. The van der Waals surface area contributed by atoms with Gasteiger partial charge in [0.15, 0.2) is 5.16 Å². The van der Waals surface area contributed by atoms with Crippen LogP contribution in [-0.4, -0.2) is 41.8 Å². The molecule has 0 saturated heterocycles. The molecule has 0 unspecified atom stereocenters. The van der Waals surface area contributed by atoms with Crippen LogP contribution in [0.25, 0.3) is 0 Å². The van der Waals surface area contributed by atoms with Crippen molar-refractivity contribution in [1.29, 1.82) is 0 Å². The van der Waals surface area contributed by atoms with Crippen LogP contribution in [0.5, 0.6) is 0 Å². The Kier molecular flexibility index (Phi) is 6.27. The maximum absolute atomic E-state index is 10.7. The van der Waals surface area contributed by atoms with Gasteiger partial charge in [0, 0.05) is 32.6 Å². The summed E-state index contributed by atoms with van der Waals surface area (Å²) in [4.78, 5) is 19.4. The normalized spacial score (nSPS) is 9.94. The number of rotatable bonds is 7. The molecule has 1 aromatic rings. The van der Waals surface area contributed by atoms with Crippen molar-refractivity contribution in [2.24, 2.45) is 0 Å². The van der Waals surface area contributed by atoms with Crippen LogP contribution >= 0.6 is 11.8 Å². The van der Waals surface area contributed by atoms with Crippen molar-refractivity contribution in [3.05, 3.63) is 6.07 Å². The maximum atomic E-state index is 10.7. The number of nitrogens with zero attached hydrogens (tertiary/aromatic N) is 2. The molecular weight excluding hydrogens is 250 g/mol. The average Bonchev–Trinajstić information content (AvgIpc) is 2.34. The Morgan fingerprint density at radius 2 is 1.94 bits per heavy atom. The highest BCUT2D eigenvalue weighted by atomic mass is 32.2. The quantitative estimate of drug-likeness (QED) is 0.392. The van der Waals surface area contributed by atoms with Gasteiger partial charge in [-0.15, -0.1) is 0 Å². The maximum Gasteiger partial charge on any atom is 0.216 e. The Bertz CT molecular complexity index is 399. The summed E-state index contributed by atoms with van der Waals surface area (Å²) in [6.07, 6.45) is 1.94. The first-order valence-electron chi connectivity index (χ1n) is 5.81. The van der Waals surface area contributed by atoms with Crippen LogP contribution in [-0.2, 0) is 4.79 Å². The topological polar surface area (TPSA) is 78.9 Å². The summed E-state index contributed by atoms with van der Waals surface area (Å²) in [5, 5.41) is 9.75. The molecule has 0 aromatic carbocycles. The van der Waals surface area contributed by atoms with E-state index in [1.54, 1.807) is 0 Å². The summed E-state index contributed by atoms with van der Waals surface area (Å²) in [6, 6.07) is 1.86. The van der Waals surface area contributed by atoms with Crippen molar-refractivity contribution in [2.45, 2.75) is 19.0 Å². The molecule has 18 heavy (non-hydrogen) atoms. The summed E-state index contributed by atoms with van der Waals surface area (Å²) < 4.78 is 0. The molecule has 1 heterocycles. The molecule has 0 bridgehead atoms. The van der Waals surface area contributed by atoms with Crippen LogP contribution in [0.2, 0.25) is 0 Å². The van der Waals surface area contributed by atoms with Gasteiger partial charge in [-0.25, -0.2) is 9.97 Å². The third-order valence-corrected chi connectivity index (χ3v) is 2.60. The van der Waals surface area contributed by atoms with E-state index >= 15 is 0 Å². The van der Waals surface area contributed by atoms with E-state index in [0.717, 1.165) is 23.3 Å². The number of aromatic nitrogens is 2. The van der Waals surface area contributed by atoms with Gasteiger partial charge in [-0.3, -0.25) is 4.79 Å². The van der Waals surface area contributed by atoms with E-state index in [1.807, 2.05) is 19.2 Å². The minimum absolute atomic E-state index is 0.0300. The highest BCUT2D eigenvalue weighted by Crippen LogP contribution is 2.16. The van der Waals surface area contributed by atoms with E-state index in [9.17, 15) is 4.79 Å². The van der Waals surface area contributed by atoms with Crippen LogP contribution < -0.4 is 16.0 Å². The molecular formula is C11H19N5OS. The number of hydrogen-bond donors (Lipinski definition) is 3. The summed E-state index contributed by atoms with van der Waals surface area (Å²) in [5.74, 6) is 1.53. The summed E-state index contributed by atoms with van der Waals surface area (Å²) in [6.45, 7) is 5.54. The predicted octanol–water partition coefficient (Wildman–Crippen LogP) is 1.18. The molecule has 100 valence electrons. The second kappa shape index (κ2) is 7.75. The molecule has 0 aliphatic carbocycles. The standard InChI is InChI=1S/C11H19N5OS/c1-4-12-9-7-10(16-11(15-9)18-3)14-6-5-13-8(2)17/h7H,4-6H2,1-3H3,(H,13,17)(H2,12,14,15,16). The molecule has 0 spiro atoms. The zero-order valence-corrected chi connectivity index (χ0v) is 11.7. The molecule has 0 fully saturated rings. The molecule has 0 saturated carbocycles. The van der Waals surface area contributed by atoms with E-state index in [2.05, 4.69) is 25.9 Å². The molecule has 1 amide bonds. The summed E-state index contributed by atoms with van der Waals surface area (Å²) in [7, 11) is 0. The first kappa shape index (κ1) is 14.6. The Labute approximate surface area is 111 Å². The zero-order valence-electron chi connectivity index (χ0n) is 10.9. The van der Waals surface area contributed by atoms with Crippen molar-refractivity contribution in [3.63, 3.8) is 0 Å². The van der Waals surface area contributed by atoms with E-state index in [1.165, 1.54) is 18.7 Å². The summed E-state index contributed by atoms with van der Waals surface area (Å²) >= 11 is 1.50. The van der Waals surface area contributed by atoms with Crippen molar-refractivity contribution in [3.8, 4) is 0 Å². The lowest BCUT2D eigenvalue weighted by Gasteiger charge is -2.09. The molecule has 6 nitrogen and oxygen atoms in total. The highest BCUT2D eigenvalue weighted by molar-refractivity contribution is 7.98. The van der Waals surface area contributed by atoms with Crippen LogP contribution in [0.15, 0.2) is 11.2 Å². The van der Waals surface area contributed by atoms with Gasteiger partial charge in [-0.1, -0.05) is 11.8 Å². The Balaban J connectivity index is 2.57. The first-order valence-corrected chi connectivity index (χ1v) is 7.03. The molecule has 3 N–H and O–H groups in total.